The lowest BCUT2D eigenvalue weighted by atomic mass is 10.1. The molecule has 0 radical (unpaired) electrons. The largest absolute Gasteiger partial charge is 0.358 e. The Bertz CT molecular complexity index is 488. The summed E-state index contributed by atoms with van der Waals surface area (Å²) >= 11 is 0. The van der Waals surface area contributed by atoms with Crippen molar-refractivity contribution in [2.24, 2.45) is 5.73 Å². The van der Waals surface area contributed by atoms with Crippen molar-refractivity contribution in [3.05, 3.63) is 35.4 Å². The van der Waals surface area contributed by atoms with E-state index in [1.54, 1.807) is 7.05 Å². The van der Waals surface area contributed by atoms with E-state index >= 15 is 0 Å². The molecule has 0 fully saturated rings. The average Bonchev–Trinajstić information content (AvgIpc) is 2.45. The molecule has 0 heterocycles. The summed E-state index contributed by atoms with van der Waals surface area (Å²) in [6.45, 7) is 4.54. The number of nitrogens with two attached hydrogens (primary N) is 1. The fourth-order valence-electron chi connectivity index (χ4n) is 1.97. The Morgan fingerprint density at radius 2 is 2.25 bits per heavy atom. The van der Waals surface area contributed by atoms with E-state index in [1.165, 1.54) is 0 Å². The van der Waals surface area contributed by atoms with Gasteiger partial charge in [0.2, 0.25) is 5.91 Å². The molecule has 0 unspecified atom stereocenters. The van der Waals surface area contributed by atoms with E-state index in [2.05, 4.69) is 41.1 Å². The molecular weight excluding hydrogens is 250 g/mol. The molecule has 1 aromatic carbocycles. The summed E-state index contributed by atoms with van der Waals surface area (Å²) in [5.41, 5.74) is 7.50. The molecule has 4 nitrogen and oxygen atoms in total. The highest BCUT2D eigenvalue weighted by Gasteiger charge is 2.09. The number of amides is 1. The molecule has 3 N–H and O–H groups in total. The summed E-state index contributed by atoms with van der Waals surface area (Å²) < 4.78 is 0. The maximum Gasteiger partial charge on any atom is 0.233 e. The lowest BCUT2D eigenvalue weighted by molar-refractivity contribution is -0.121. The Morgan fingerprint density at radius 1 is 1.45 bits per heavy atom. The van der Waals surface area contributed by atoms with Gasteiger partial charge in [-0.2, -0.15) is 0 Å². The summed E-state index contributed by atoms with van der Waals surface area (Å²) in [4.78, 5) is 13.6. The van der Waals surface area contributed by atoms with Gasteiger partial charge in [-0.3, -0.25) is 9.69 Å². The van der Waals surface area contributed by atoms with Gasteiger partial charge in [-0.15, -0.1) is 0 Å². The molecule has 0 saturated heterocycles. The fourth-order valence-corrected chi connectivity index (χ4v) is 1.97. The van der Waals surface area contributed by atoms with Gasteiger partial charge in [0.1, 0.15) is 0 Å². The van der Waals surface area contributed by atoms with Crippen molar-refractivity contribution < 1.29 is 4.79 Å². The minimum absolute atomic E-state index is 0.0394. The highest BCUT2D eigenvalue weighted by molar-refractivity contribution is 5.77. The van der Waals surface area contributed by atoms with Gasteiger partial charge >= 0.3 is 0 Å². The third-order valence-corrected chi connectivity index (χ3v) is 2.85. The Kier molecular flexibility index (Phi) is 7.41. The van der Waals surface area contributed by atoms with Gasteiger partial charge in [0.05, 0.1) is 13.1 Å². The Morgan fingerprint density at radius 3 is 2.90 bits per heavy atom. The van der Waals surface area contributed by atoms with Crippen LogP contribution in [0.15, 0.2) is 24.3 Å². The molecule has 1 amide bonds. The van der Waals surface area contributed by atoms with Crippen LogP contribution in [0.4, 0.5) is 0 Å². The summed E-state index contributed by atoms with van der Waals surface area (Å²) in [6.07, 6.45) is 1.02. The summed E-state index contributed by atoms with van der Waals surface area (Å²) in [7, 11) is 1.66. The lowest BCUT2D eigenvalue weighted by Crippen LogP contribution is -2.35. The molecule has 0 spiro atoms. The van der Waals surface area contributed by atoms with Gasteiger partial charge in [0.25, 0.3) is 0 Å². The van der Waals surface area contributed by atoms with Crippen LogP contribution in [0.3, 0.4) is 0 Å². The van der Waals surface area contributed by atoms with Crippen LogP contribution >= 0.6 is 0 Å². The lowest BCUT2D eigenvalue weighted by Gasteiger charge is -2.20. The van der Waals surface area contributed by atoms with Crippen LogP contribution in [-0.4, -0.2) is 37.5 Å². The molecule has 0 aromatic heterocycles. The topological polar surface area (TPSA) is 58.4 Å². The van der Waals surface area contributed by atoms with Crippen molar-refractivity contribution in [3.63, 3.8) is 0 Å². The molecule has 0 aliphatic rings. The molecule has 1 rings (SSSR count). The third-order valence-electron chi connectivity index (χ3n) is 2.85. The first-order valence-corrected chi connectivity index (χ1v) is 6.90. The Balaban J connectivity index is 2.74. The van der Waals surface area contributed by atoms with E-state index in [0.717, 1.165) is 30.6 Å². The second kappa shape index (κ2) is 9.13. The predicted molar refractivity (Wildman–Crippen MR) is 82.0 cm³/mol. The van der Waals surface area contributed by atoms with Crippen LogP contribution < -0.4 is 11.1 Å². The molecule has 0 bridgehead atoms. The number of hydrogen-bond acceptors (Lipinski definition) is 3. The maximum absolute atomic E-state index is 11.5. The molecule has 108 valence electrons. The zero-order valence-electron chi connectivity index (χ0n) is 12.3. The molecule has 4 heteroatoms. The van der Waals surface area contributed by atoms with Gasteiger partial charge in [-0.05, 0) is 30.7 Å². The van der Waals surface area contributed by atoms with Gasteiger partial charge < -0.3 is 11.1 Å². The molecular formula is C16H23N3O. The van der Waals surface area contributed by atoms with Crippen molar-refractivity contribution in [2.45, 2.75) is 19.9 Å². The van der Waals surface area contributed by atoms with Crippen LogP contribution in [0.1, 0.15) is 24.5 Å². The van der Waals surface area contributed by atoms with E-state index in [0.29, 0.717) is 13.1 Å². The first-order chi connectivity index (χ1) is 9.69. The molecule has 0 aliphatic carbocycles. The zero-order chi connectivity index (χ0) is 14.8. The SMILES string of the molecule is CCCN(CC(=O)NC)Cc1cccc(C#CCN)c1. The first-order valence-electron chi connectivity index (χ1n) is 6.90. The minimum Gasteiger partial charge on any atom is -0.358 e. The van der Waals surface area contributed by atoms with Crippen molar-refractivity contribution in [3.8, 4) is 11.8 Å². The van der Waals surface area contributed by atoms with Crippen LogP contribution in [0.25, 0.3) is 0 Å². The van der Waals surface area contributed by atoms with Gasteiger partial charge in [0.15, 0.2) is 0 Å². The highest BCUT2D eigenvalue weighted by atomic mass is 16.1. The number of carbonyl (C=O) groups is 1. The van der Waals surface area contributed by atoms with Crippen molar-refractivity contribution in [1.29, 1.82) is 0 Å². The van der Waals surface area contributed by atoms with E-state index < -0.39 is 0 Å². The predicted octanol–water partition coefficient (Wildman–Crippen LogP) is 0.955. The molecule has 0 atom stereocenters. The fraction of sp³-hybridized carbons (Fsp3) is 0.438. The number of hydrogen-bond donors (Lipinski definition) is 2. The third kappa shape index (κ3) is 5.87. The van der Waals surface area contributed by atoms with Crippen molar-refractivity contribution in [2.75, 3.05) is 26.7 Å². The summed E-state index contributed by atoms with van der Waals surface area (Å²) in [5, 5.41) is 2.66. The van der Waals surface area contributed by atoms with Crippen molar-refractivity contribution >= 4 is 5.91 Å². The zero-order valence-corrected chi connectivity index (χ0v) is 12.3. The monoisotopic (exact) mass is 273 g/mol. The Hall–Kier alpha value is -1.83. The number of carbonyl (C=O) groups excluding carboxylic acids is 1. The van der Waals surface area contributed by atoms with Crippen molar-refractivity contribution in [1.82, 2.24) is 10.2 Å². The number of nitrogens with zero attached hydrogens (tertiary/aromatic N) is 1. The summed E-state index contributed by atoms with van der Waals surface area (Å²) in [5.74, 6) is 5.92. The first kappa shape index (κ1) is 16.2. The van der Waals surface area contributed by atoms with Crippen LogP contribution in [-0.2, 0) is 11.3 Å². The van der Waals surface area contributed by atoms with E-state index in [-0.39, 0.29) is 5.91 Å². The quantitative estimate of drug-likeness (QED) is 0.759. The molecule has 1 aromatic rings. The highest BCUT2D eigenvalue weighted by Crippen LogP contribution is 2.08. The number of benzene rings is 1. The van der Waals surface area contributed by atoms with E-state index in [4.69, 9.17) is 5.73 Å². The molecule has 20 heavy (non-hydrogen) atoms. The molecule has 0 aliphatic heterocycles. The second-order valence-corrected chi connectivity index (χ2v) is 4.59. The minimum atomic E-state index is 0.0394. The number of likely N-dealkylation sites (N-methyl/N-ethyl adjacent to an activating group) is 1. The standard InChI is InChI=1S/C16H23N3O/c1-3-10-19(13-16(20)18-2)12-15-7-4-6-14(11-15)8-5-9-17/h4,6-7,11H,3,9-10,12-13,17H2,1-2H3,(H,18,20). The number of rotatable bonds is 6. The smallest absolute Gasteiger partial charge is 0.233 e. The van der Waals surface area contributed by atoms with Gasteiger partial charge in [0, 0.05) is 19.2 Å². The molecule has 0 saturated carbocycles. The van der Waals surface area contributed by atoms with Gasteiger partial charge in [-0.25, -0.2) is 0 Å². The normalized spacial score (nSPS) is 10.0. The van der Waals surface area contributed by atoms with E-state index in [9.17, 15) is 4.79 Å². The van der Waals surface area contributed by atoms with E-state index in [1.807, 2.05) is 12.1 Å². The van der Waals surface area contributed by atoms with Crippen LogP contribution in [0, 0.1) is 11.8 Å². The average molecular weight is 273 g/mol. The summed E-state index contributed by atoms with van der Waals surface area (Å²) in [6, 6.07) is 8.06. The second-order valence-electron chi connectivity index (χ2n) is 4.59. The van der Waals surface area contributed by atoms with Crippen LogP contribution in [0.2, 0.25) is 0 Å². The Labute approximate surface area is 121 Å². The maximum atomic E-state index is 11.5. The van der Waals surface area contributed by atoms with Crippen LogP contribution in [0.5, 0.6) is 0 Å². The van der Waals surface area contributed by atoms with Gasteiger partial charge in [-0.1, -0.05) is 30.9 Å². The number of nitrogens with one attached hydrogen (secondary N) is 1.